The van der Waals surface area contributed by atoms with E-state index in [2.05, 4.69) is 0 Å². The number of likely N-dealkylation sites (tertiary alicyclic amines) is 1. The Morgan fingerprint density at radius 3 is 2.76 bits per heavy atom. The average Bonchev–Trinajstić information content (AvgIpc) is 3.00. The fourth-order valence-corrected chi connectivity index (χ4v) is 2.60. The maximum Gasteiger partial charge on any atom is 0.254 e. The van der Waals surface area contributed by atoms with Gasteiger partial charge >= 0.3 is 0 Å². The van der Waals surface area contributed by atoms with Crippen molar-refractivity contribution in [1.82, 2.24) is 4.90 Å². The van der Waals surface area contributed by atoms with Gasteiger partial charge in [-0.15, -0.1) is 0 Å². The Balaban J connectivity index is 1.90. The molecule has 21 heavy (non-hydrogen) atoms. The SMILES string of the molecule is COCCCOc1ccc(C(=O)N2CCCC2CN)cc1. The molecule has 1 saturated heterocycles. The zero-order valence-corrected chi connectivity index (χ0v) is 12.6. The van der Waals surface area contributed by atoms with E-state index in [0.29, 0.717) is 25.3 Å². The molecule has 1 unspecified atom stereocenters. The van der Waals surface area contributed by atoms with Crippen LogP contribution in [0.15, 0.2) is 24.3 Å². The van der Waals surface area contributed by atoms with Crippen molar-refractivity contribution >= 4 is 5.91 Å². The lowest BCUT2D eigenvalue weighted by Crippen LogP contribution is -2.39. The van der Waals surface area contributed by atoms with E-state index in [0.717, 1.165) is 31.6 Å². The molecule has 2 N–H and O–H groups in total. The van der Waals surface area contributed by atoms with Gasteiger partial charge < -0.3 is 20.1 Å². The number of nitrogens with two attached hydrogens (primary N) is 1. The van der Waals surface area contributed by atoms with Gasteiger partial charge in [0.1, 0.15) is 5.75 Å². The molecule has 5 heteroatoms. The molecule has 5 nitrogen and oxygen atoms in total. The van der Waals surface area contributed by atoms with Crippen LogP contribution in [0.1, 0.15) is 29.6 Å². The molecule has 1 atom stereocenters. The molecule has 0 saturated carbocycles. The number of rotatable bonds is 7. The maximum absolute atomic E-state index is 12.4. The predicted molar refractivity (Wildman–Crippen MR) is 81.5 cm³/mol. The largest absolute Gasteiger partial charge is 0.494 e. The van der Waals surface area contributed by atoms with E-state index in [1.54, 1.807) is 7.11 Å². The Bertz CT molecular complexity index is 447. The second-order valence-corrected chi connectivity index (χ2v) is 5.25. The van der Waals surface area contributed by atoms with Crippen LogP contribution in [0.25, 0.3) is 0 Å². The third kappa shape index (κ3) is 4.19. The van der Waals surface area contributed by atoms with Crippen LogP contribution in [-0.4, -0.2) is 50.3 Å². The number of carbonyl (C=O) groups is 1. The van der Waals surface area contributed by atoms with Crippen LogP contribution in [0.5, 0.6) is 5.75 Å². The minimum absolute atomic E-state index is 0.0638. The number of nitrogens with zero attached hydrogens (tertiary/aromatic N) is 1. The Labute approximate surface area is 126 Å². The number of methoxy groups -OCH3 is 1. The highest BCUT2D eigenvalue weighted by Gasteiger charge is 2.28. The molecule has 1 amide bonds. The average molecular weight is 292 g/mol. The Kier molecular flexibility index (Phi) is 6.02. The van der Waals surface area contributed by atoms with Gasteiger partial charge in [-0.05, 0) is 37.1 Å². The molecule has 1 heterocycles. The summed E-state index contributed by atoms with van der Waals surface area (Å²) in [6, 6.07) is 7.50. The van der Waals surface area contributed by atoms with Gasteiger partial charge in [0, 0.05) is 44.8 Å². The number of carbonyl (C=O) groups excluding carboxylic acids is 1. The van der Waals surface area contributed by atoms with Crippen LogP contribution in [-0.2, 0) is 4.74 Å². The summed E-state index contributed by atoms with van der Waals surface area (Å²) in [7, 11) is 1.67. The topological polar surface area (TPSA) is 64.8 Å². The van der Waals surface area contributed by atoms with Crippen LogP contribution < -0.4 is 10.5 Å². The standard InChI is InChI=1S/C16H24N2O3/c1-20-10-3-11-21-15-7-5-13(6-8-15)16(19)18-9-2-4-14(18)12-17/h5-8,14H,2-4,9-12,17H2,1H3. The van der Waals surface area contributed by atoms with Crippen LogP contribution in [0.3, 0.4) is 0 Å². The number of benzene rings is 1. The highest BCUT2D eigenvalue weighted by Crippen LogP contribution is 2.20. The van der Waals surface area contributed by atoms with Crippen LogP contribution in [0, 0.1) is 0 Å². The summed E-state index contributed by atoms with van der Waals surface area (Å²) in [5, 5.41) is 0. The first-order chi connectivity index (χ1) is 10.3. The maximum atomic E-state index is 12.4. The molecular formula is C16H24N2O3. The first-order valence-electron chi connectivity index (χ1n) is 7.49. The normalized spacial score (nSPS) is 18.0. The number of hydrogen-bond acceptors (Lipinski definition) is 4. The van der Waals surface area contributed by atoms with Crippen LogP contribution in [0.2, 0.25) is 0 Å². The third-order valence-corrected chi connectivity index (χ3v) is 3.77. The van der Waals surface area contributed by atoms with Crippen molar-refractivity contribution in [2.75, 3.05) is 33.4 Å². The van der Waals surface area contributed by atoms with Gasteiger partial charge in [0.15, 0.2) is 0 Å². The number of ether oxygens (including phenoxy) is 2. The first-order valence-corrected chi connectivity index (χ1v) is 7.49. The van der Waals surface area contributed by atoms with Gasteiger partial charge in [-0.3, -0.25) is 4.79 Å². The molecule has 1 fully saturated rings. The molecule has 0 aromatic heterocycles. The van der Waals surface area contributed by atoms with Crippen molar-refractivity contribution in [3.05, 3.63) is 29.8 Å². The molecule has 0 aliphatic carbocycles. The van der Waals surface area contributed by atoms with Gasteiger partial charge in [-0.2, -0.15) is 0 Å². The lowest BCUT2D eigenvalue weighted by Gasteiger charge is -2.23. The highest BCUT2D eigenvalue weighted by molar-refractivity contribution is 5.94. The van der Waals surface area contributed by atoms with Crippen LogP contribution >= 0.6 is 0 Å². The van der Waals surface area contributed by atoms with Crippen molar-refractivity contribution in [2.45, 2.75) is 25.3 Å². The van der Waals surface area contributed by atoms with E-state index in [1.165, 1.54) is 0 Å². The van der Waals surface area contributed by atoms with E-state index in [-0.39, 0.29) is 11.9 Å². The van der Waals surface area contributed by atoms with E-state index in [9.17, 15) is 4.79 Å². The minimum Gasteiger partial charge on any atom is -0.494 e. The molecule has 116 valence electrons. The van der Waals surface area contributed by atoms with Gasteiger partial charge in [0.05, 0.1) is 6.61 Å². The summed E-state index contributed by atoms with van der Waals surface area (Å²) in [5.41, 5.74) is 6.41. The fourth-order valence-electron chi connectivity index (χ4n) is 2.60. The summed E-state index contributed by atoms with van der Waals surface area (Å²) in [6.45, 7) is 2.64. The van der Waals surface area contributed by atoms with Gasteiger partial charge in [-0.1, -0.05) is 0 Å². The van der Waals surface area contributed by atoms with Crippen molar-refractivity contribution in [1.29, 1.82) is 0 Å². The quantitative estimate of drug-likeness (QED) is 0.776. The van der Waals surface area contributed by atoms with Gasteiger partial charge in [0.25, 0.3) is 5.91 Å². The predicted octanol–water partition coefficient (Wildman–Crippen LogP) is 1.67. The summed E-state index contributed by atoms with van der Waals surface area (Å²) in [5.74, 6) is 0.841. The van der Waals surface area contributed by atoms with Crippen molar-refractivity contribution in [3.63, 3.8) is 0 Å². The van der Waals surface area contributed by atoms with Crippen LogP contribution in [0.4, 0.5) is 0 Å². The molecule has 1 aromatic carbocycles. The second-order valence-electron chi connectivity index (χ2n) is 5.25. The molecule has 0 radical (unpaired) electrons. The smallest absolute Gasteiger partial charge is 0.254 e. The number of amides is 1. The van der Waals surface area contributed by atoms with Gasteiger partial charge in [-0.25, -0.2) is 0 Å². The zero-order valence-electron chi connectivity index (χ0n) is 12.6. The summed E-state index contributed by atoms with van der Waals surface area (Å²) < 4.78 is 10.6. The van der Waals surface area contributed by atoms with Crippen molar-refractivity contribution < 1.29 is 14.3 Å². The summed E-state index contributed by atoms with van der Waals surface area (Å²) in [6.07, 6.45) is 2.89. The summed E-state index contributed by atoms with van der Waals surface area (Å²) in [4.78, 5) is 14.3. The molecule has 1 aliphatic heterocycles. The lowest BCUT2D eigenvalue weighted by molar-refractivity contribution is 0.0741. The molecule has 0 spiro atoms. The fraction of sp³-hybridized carbons (Fsp3) is 0.562. The molecule has 1 aromatic rings. The highest BCUT2D eigenvalue weighted by atomic mass is 16.5. The lowest BCUT2D eigenvalue weighted by atomic mass is 10.1. The minimum atomic E-state index is 0.0638. The van der Waals surface area contributed by atoms with E-state index in [4.69, 9.17) is 15.2 Å². The Morgan fingerprint density at radius 2 is 2.10 bits per heavy atom. The zero-order chi connectivity index (χ0) is 15.1. The Hall–Kier alpha value is -1.59. The second kappa shape index (κ2) is 8.00. The monoisotopic (exact) mass is 292 g/mol. The van der Waals surface area contributed by atoms with Gasteiger partial charge in [0.2, 0.25) is 0 Å². The third-order valence-electron chi connectivity index (χ3n) is 3.77. The van der Waals surface area contributed by atoms with Crippen molar-refractivity contribution in [2.24, 2.45) is 5.73 Å². The molecule has 0 bridgehead atoms. The summed E-state index contributed by atoms with van der Waals surface area (Å²) >= 11 is 0. The first kappa shape index (κ1) is 15.8. The number of hydrogen-bond donors (Lipinski definition) is 1. The van der Waals surface area contributed by atoms with E-state index >= 15 is 0 Å². The molecular weight excluding hydrogens is 268 g/mol. The Morgan fingerprint density at radius 1 is 1.33 bits per heavy atom. The van der Waals surface area contributed by atoms with E-state index < -0.39 is 0 Å². The van der Waals surface area contributed by atoms with Crippen molar-refractivity contribution in [3.8, 4) is 5.75 Å². The molecule has 1 aliphatic rings. The van der Waals surface area contributed by atoms with E-state index in [1.807, 2.05) is 29.2 Å². The molecule has 2 rings (SSSR count).